The second-order valence-corrected chi connectivity index (χ2v) is 10.8. The molecule has 1 spiro atoms. The Hall–Kier alpha value is -4.23. The van der Waals surface area contributed by atoms with Gasteiger partial charge in [-0.15, -0.1) is 0 Å². The van der Waals surface area contributed by atoms with Crippen LogP contribution in [0.5, 0.6) is 5.75 Å². The topological polar surface area (TPSA) is 72.0 Å². The van der Waals surface area contributed by atoms with Gasteiger partial charge in [-0.25, -0.2) is 4.98 Å². The van der Waals surface area contributed by atoms with E-state index in [1.54, 1.807) is 11.0 Å². The zero-order chi connectivity index (χ0) is 28.1. The first-order valence-electron chi connectivity index (χ1n) is 14.4. The number of hydrogen-bond donors (Lipinski definition) is 0. The van der Waals surface area contributed by atoms with Crippen LogP contribution in [0, 0.1) is 0 Å². The number of hydrogen-bond acceptors (Lipinski definition) is 5. The van der Waals surface area contributed by atoms with Gasteiger partial charge in [0, 0.05) is 18.5 Å². The van der Waals surface area contributed by atoms with Crippen molar-refractivity contribution in [2.45, 2.75) is 37.8 Å². The van der Waals surface area contributed by atoms with Crippen LogP contribution in [0.2, 0.25) is 0 Å². The van der Waals surface area contributed by atoms with E-state index in [0.29, 0.717) is 45.0 Å². The number of aromatic nitrogens is 1. The van der Waals surface area contributed by atoms with Gasteiger partial charge in [0.2, 0.25) is 0 Å². The number of rotatable bonds is 3. The number of fused-ring (bicyclic) bond motifs is 2. The van der Waals surface area contributed by atoms with Crippen LogP contribution in [0.4, 0.5) is 0 Å². The predicted molar refractivity (Wildman–Crippen MR) is 158 cm³/mol. The molecule has 4 aromatic rings. The Labute approximate surface area is 240 Å². The van der Waals surface area contributed by atoms with Crippen LogP contribution in [0.3, 0.4) is 0 Å². The third kappa shape index (κ3) is 5.95. The standard InChI is InChI=1S/C34H35N3O4/c38-32(30-18-17-27-12-4-6-15-29(27)35-30)37-21-23-41-34(25-37)19-9-8-14-28-13-5-7-16-31(28)40-22-20-36(33(34)39)24-26-10-2-1-3-11-26/h1-7,10-13,15-18H,8-9,14,19-25H2. The fourth-order valence-electron chi connectivity index (χ4n) is 5.88. The highest BCUT2D eigenvalue weighted by Crippen LogP contribution is 2.31. The van der Waals surface area contributed by atoms with Gasteiger partial charge in [0.05, 0.1) is 25.2 Å². The zero-order valence-corrected chi connectivity index (χ0v) is 23.2. The fourth-order valence-corrected chi connectivity index (χ4v) is 5.88. The van der Waals surface area contributed by atoms with Gasteiger partial charge in [-0.2, -0.15) is 0 Å². The number of ether oxygens (including phenoxy) is 2. The van der Waals surface area contributed by atoms with Gasteiger partial charge in [-0.3, -0.25) is 9.59 Å². The molecule has 41 heavy (non-hydrogen) atoms. The minimum absolute atomic E-state index is 0.0946. The molecule has 1 aromatic heterocycles. The van der Waals surface area contributed by atoms with E-state index < -0.39 is 5.60 Å². The third-order valence-electron chi connectivity index (χ3n) is 8.05. The summed E-state index contributed by atoms with van der Waals surface area (Å²) in [5, 5.41) is 0.984. The highest BCUT2D eigenvalue weighted by atomic mass is 16.5. The average molecular weight is 550 g/mol. The minimum atomic E-state index is -1.13. The lowest BCUT2D eigenvalue weighted by Gasteiger charge is -2.44. The molecule has 1 atom stereocenters. The predicted octanol–water partition coefficient (Wildman–Crippen LogP) is 5.28. The van der Waals surface area contributed by atoms with Gasteiger partial charge >= 0.3 is 0 Å². The summed E-state index contributed by atoms with van der Waals surface area (Å²) in [6.45, 7) is 2.13. The Kier molecular flexibility index (Phi) is 7.96. The molecule has 7 nitrogen and oxygen atoms in total. The lowest BCUT2D eigenvalue weighted by Crippen LogP contribution is -2.62. The van der Waals surface area contributed by atoms with E-state index in [1.807, 2.05) is 83.8 Å². The van der Waals surface area contributed by atoms with Crippen LogP contribution in [-0.2, 0) is 22.5 Å². The molecule has 2 aliphatic rings. The molecule has 1 unspecified atom stereocenters. The highest BCUT2D eigenvalue weighted by molar-refractivity contribution is 5.96. The quantitative estimate of drug-likeness (QED) is 0.348. The number of nitrogens with zero attached hydrogens (tertiary/aromatic N) is 3. The van der Waals surface area contributed by atoms with Crippen molar-refractivity contribution < 1.29 is 19.1 Å². The first-order chi connectivity index (χ1) is 20.1. The van der Waals surface area contributed by atoms with E-state index in [4.69, 9.17) is 9.47 Å². The normalized spacial score (nSPS) is 20.1. The van der Waals surface area contributed by atoms with Crippen LogP contribution >= 0.6 is 0 Å². The Bertz CT molecular complexity index is 1520. The summed E-state index contributed by atoms with van der Waals surface area (Å²) in [4.78, 5) is 36.4. The maximum absolute atomic E-state index is 14.5. The van der Waals surface area contributed by atoms with E-state index in [0.717, 1.165) is 41.5 Å². The summed E-state index contributed by atoms with van der Waals surface area (Å²) in [6, 6.07) is 29.6. The summed E-state index contributed by atoms with van der Waals surface area (Å²) < 4.78 is 12.6. The van der Waals surface area contributed by atoms with Crippen LogP contribution in [0.15, 0.2) is 91.0 Å². The van der Waals surface area contributed by atoms with Crippen molar-refractivity contribution in [1.82, 2.24) is 14.8 Å². The Morgan fingerprint density at radius 1 is 0.854 bits per heavy atom. The highest BCUT2D eigenvalue weighted by Gasteiger charge is 2.47. The van der Waals surface area contributed by atoms with E-state index in [1.165, 1.54) is 5.56 Å². The van der Waals surface area contributed by atoms with E-state index in [2.05, 4.69) is 11.1 Å². The Balaban J connectivity index is 1.29. The van der Waals surface area contributed by atoms with Crippen molar-refractivity contribution in [1.29, 1.82) is 0 Å². The van der Waals surface area contributed by atoms with Crippen LogP contribution in [0.25, 0.3) is 10.9 Å². The van der Waals surface area contributed by atoms with Crippen molar-refractivity contribution in [2.24, 2.45) is 0 Å². The fraction of sp³-hybridized carbons (Fsp3) is 0.324. The molecule has 0 bridgehead atoms. The van der Waals surface area contributed by atoms with E-state index in [-0.39, 0.29) is 18.4 Å². The van der Waals surface area contributed by atoms with Crippen molar-refractivity contribution >= 4 is 22.7 Å². The molecule has 210 valence electrons. The molecule has 0 radical (unpaired) electrons. The number of aryl methyl sites for hydroxylation is 1. The number of amides is 2. The maximum atomic E-state index is 14.5. The molecule has 3 heterocycles. The van der Waals surface area contributed by atoms with Gasteiger partial charge in [-0.05, 0) is 55.0 Å². The van der Waals surface area contributed by atoms with Crippen LogP contribution in [-0.4, -0.2) is 65.0 Å². The van der Waals surface area contributed by atoms with Crippen LogP contribution in [0.1, 0.15) is 40.9 Å². The monoisotopic (exact) mass is 549 g/mol. The lowest BCUT2D eigenvalue weighted by atomic mass is 9.90. The molecule has 3 aromatic carbocycles. The molecule has 2 amide bonds. The molecule has 0 aliphatic carbocycles. The van der Waals surface area contributed by atoms with Crippen molar-refractivity contribution in [3.05, 3.63) is 108 Å². The van der Waals surface area contributed by atoms with Gasteiger partial charge in [0.15, 0.2) is 5.60 Å². The Morgan fingerprint density at radius 2 is 1.66 bits per heavy atom. The molecule has 0 saturated carbocycles. The zero-order valence-electron chi connectivity index (χ0n) is 23.2. The minimum Gasteiger partial charge on any atom is -0.491 e. The molecule has 0 N–H and O–H groups in total. The second kappa shape index (κ2) is 12.1. The molecule has 1 saturated heterocycles. The summed E-state index contributed by atoms with van der Waals surface area (Å²) in [6.07, 6.45) is 3.07. The molecule has 2 aliphatic heterocycles. The third-order valence-corrected chi connectivity index (χ3v) is 8.05. The SMILES string of the molecule is O=C(c1ccc2ccccc2n1)N1CCOC2(CCCCc3ccccc3OCCN(Cc3ccccc3)C2=O)C1. The first kappa shape index (κ1) is 27.0. The summed E-state index contributed by atoms with van der Waals surface area (Å²) in [5.41, 5.74) is 2.24. The maximum Gasteiger partial charge on any atom is 0.272 e. The summed E-state index contributed by atoms with van der Waals surface area (Å²) >= 11 is 0. The van der Waals surface area contributed by atoms with Crippen molar-refractivity contribution in [3.8, 4) is 5.75 Å². The molecule has 7 heteroatoms. The van der Waals surface area contributed by atoms with Gasteiger partial charge < -0.3 is 19.3 Å². The first-order valence-corrected chi connectivity index (χ1v) is 14.4. The number of para-hydroxylation sites is 2. The van der Waals surface area contributed by atoms with Gasteiger partial charge in [-0.1, -0.05) is 72.8 Å². The average Bonchev–Trinajstić information content (AvgIpc) is 3.02. The number of carbonyl (C=O) groups is 2. The number of morpholine rings is 1. The van der Waals surface area contributed by atoms with Gasteiger partial charge in [0.25, 0.3) is 11.8 Å². The molecular formula is C34H35N3O4. The number of pyridine rings is 1. The molecule has 1 fully saturated rings. The van der Waals surface area contributed by atoms with Crippen molar-refractivity contribution in [2.75, 3.05) is 32.8 Å². The van der Waals surface area contributed by atoms with Crippen LogP contribution < -0.4 is 4.74 Å². The van der Waals surface area contributed by atoms with E-state index in [9.17, 15) is 9.59 Å². The smallest absolute Gasteiger partial charge is 0.272 e. The molecular weight excluding hydrogens is 514 g/mol. The summed E-state index contributed by atoms with van der Waals surface area (Å²) in [7, 11) is 0. The second-order valence-electron chi connectivity index (χ2n) is 10.8. The summed E-state index contributed by atoms with van der Waals surface area (Å²) in [5.74, 6) is 0.607. The largest absolute Gasteiger partial charge is 0.491 e. The van der Waals surface area contributed by atoms with E-state index >= 15 is 0 Å². The number of benzene rings is 3. The van der Waals surface area contributed by atoms with Gasteiger partial charge in [0.1, 0.15) is 18.1 Å². The number of carbonyl (C=O) groups excluding carboxylic acids is 2. The lowest BCUT2D eigenvalue weighted by molar-refractivity contribution is -0.171. The molecule has 6 rings (SSSR count). The van der Waals surface area contributed by atoms with Crippen molar-refractivity contribution in [3.63, 3.8) is 0 Å². The Morgan fingerprint density at radius 3 is 2.56 bits per heavy atom.